The first-order valence-electron chi connectivity index (χ1n) is 9.24. The molecule has 6 nitrogen and oxygen atoms in total. The Balaban J connectivity index is 1.79. The highest BCUT2D eigenvalue weighted by atomic mass is 32.2. The average molecular weight is 424 g/mol. The number of benzene rings is 2. The molecule has 1 N–H and O–H groups in total. The standard InChI is InChI=1S/C20H22F2N2O4S/c1-14-5-6-15(13-18(14)29(26,27)24-11-3-2-4-12-24)19(25)23-16-7-9-17(10-8-16)28-20(21)22/h5-10,13,20H,2-4,11-12H2,1H3,(H,23,25). The van der Waals surface area contributed by atoms with Crippen molar-refractivity contribution in [2.45, 2.75) is 37.7 Å². The second-order valence-electron chi connectivity index (χ2n) is 6.80. The Morgan fingerprint density at radius 3 is 2.34 bits per heavy atom. The monoisotopic (exact) mass is 424 g/mol. The maximum absolute atomic E-state index is 13.0. The van der Waals surface area contributed by atoms with E-state index in [4.69, 9.17) is 0 Å². The summed E-state index contributed by atoms with van der Waals surface area (Å²) in [6.07, 6.45) is 2.65. The van der Waals surface area contributed by atoms with E-state index in [1.54, 1.807) is 19.1 Å². The highest BCUT2D eigenvalue weighted by Crippen LogP contribution is 2.25. The lowest BCUT2D eigenvalue weighted by molar-refractivity contribution is -0.0498. The number of rotatable bonds is 6. The Kier molecular flexibility index (Phi) is 6.49. The largest absolute Gasteiger partial charge is 0.435 e. The van der Waals surface area contributed by atoms with Gasteiger partial charge in [-0.1, -0.05) is 12.5 Å². The lowest BCUT2D eigenvalue weighted by Crippen LogP contribution is -2.36. The quantitative estimate of drug-likeness (QED) is 0.760. The van der Waals surface area contributed by atoms with Crippen LogP contribution in [0.5, 0.6) is 5.75 Å². The summed E-state index contributed by atoms with van der Waals surface area (Å²) >= 11 is 0. The number of carbonyl (C=O) groups excluding carboxylic acids is 1. The summed E-state index contributed by atoms with van der Waals surface area (Å²) in [5.41, 5.74) is 1.14. The fourth-order valence-corrected chi connectivity index (χ4v) is 4.95. The third-order valence-corrected chi connectivity index (χ3v) is 6.76. The van der Waals surface area contributed by atoms with E-state index in [9.17, 15) is 22.0 Å². The van der Waals surface area contributed by atoms with E-state index in [0.29, 0.717) is 24.3 Å². The van der Waals surface area contributed by atoms with Gasteiger partial charge in [0, 0.05) is 24.3 Å². The number of aryl methyl sites for hydroxylation is 1. The summed E-state index contributed by atoms with van der Waals surface area (Å²) in [4.78, 5) is 12.7. The summed E-state index contributed by atoms with van der Waals surface area (Å²) in [5.74, 6) is -0.522. The summed E-state index contributed by atoms with van der Waals surface area (Å²) in [6.45, 7) is -0.278. The molecular weight excluding hydrogens is 402 g/mol. The first-order chi connectivity index (χ1) is 13.8. The van der Waals surface area contributed by atoms with Gasteiger partial charge in [0.25, 0.3) is 5.91 Å². The molecule has 1 aliphatic heterocycles. The van der Waals surface area contributed by atoms with Crippen molar-refractivity contribution in [2.75, 3.05) is 18.4 Å². The molecular formula is C20H22F2N2O4S. The molecule has 0 atom stereocenters. The van der Waals surface area contributed by atoms with E-state index in [-0.39, 0.29) is 16.2 Å². The highest BCUT2D eigenvalue weighted by Gasteiger charge is 2.28. The fourth-order valence-electron chi connectivity index (χ4n) is 3.19. The second-order valence-corrected chi connectivity index (χ2v) is 8.71. The van der Waals surface area contributed by atoms with Gasteiger partial charge in [-0.15, -0.1) is 0 Å². The van der Waals surface area contributed by atoms with E-state index in [0.717, 1.165) is 19.3 Å². The summed E-state index contributed by atoms with van der Waals surface area (Å²) in [7, 11) is -3.67. The zero-order valence-corrected chi connectivity index (χ0v) is 16.7. The first-order valence-corrected chi connectivity index (χ1v) is 10.7. The molecule has 1 saturated heterocycles. The third kappa shape index (κ3) is 5.10. The van der Waals surface area contributed by atoms with Gasteiger partial charge in [0.1, 0.15) is 5.75 Å². The molecule has 0 saturated carbocycles. The third-order valence-electron chi connectivity index (χ3n) is 4.72. The molecule has 9 heteroatoms. The first kappa shape index (κ1) is 21.2. The van der Waals surface area contributed by atoms with E-state index in [1.165, 1.54) is 34.6 Å². The molecule has 1 fully saturated rings. The molecule has 3 rings (SSSR count). The number of hydrogen-bond acceptors (Lipinski definition) is 4. The predicted octanol–water partition coefficient (Wildman–Crippen LogP) is 4.02. The Morgan fingerprint density at radius 2 is 1.72 bits per heavy atom. The molecule has 0 spiro atoms. The van der Waals surface area contributed by atoms with Gasteiger partial charge in [-0.3, -0.25) is 4.79 Å². The van der Waals surface area contributed by atoms with Crippen molar-refractivity contribution >= 4 is 21.6 Å². The Morgan fingerprint density at radius 1 is 1.07 bits per heavy atom. The van der Waals surface area contributed by atoms with Gasteiger partial charge in [-0.2, -0.15) is 13.1 Å². The zero-order chi connectivity index (χ0) is 21.0. The van der Waals surface area contributed by atoms with E-state index < -0.39 is 22.5 Å². The van der Waals surface area contributed by atoms with Gasteiger partial charge in [-0.25, -0.2) is 8.42 Å². The van der Waals surface area contributed by atoms with E-state index in [1.807, 2.05) is 0 Å². The Bertz CT molecular complexity index is 972. The number of amides is 1. The lowest BCUT2D eigenvalue weighted by atomic mass is 10.1. The van der Waals surface area contributed by atoms with Crippen molar-refractivity contribution in [3.63, 3.8) is 0 Å². The number of alkyl halides is 2. The molecule has 0 aromatic heterocycles. The van der Waals surface area contributed by atoms with Crippen LogP contribution in [-0.2, 0) is 10.0 Å². The van der Waals surface area contributed by atoms with Gasteiger partial charge in [0.2, 0.25) is 10.0 Å². The predicted molar refractivity (Wildman–Crippen MR) is 105 cm³/mol. The molecule has 0 bridgehead atoms. The van der Waals surface area contributed by atoms with Crippen molar-refractivity contribution < 1.29 is 26.7 Å². The van der Waals surface area contributed by atoms with Crippen LogP contribution in [0.4, 0.5) is 14.5 Å². The number of nitrogens with zero attached hydrogens (tertiary/aromatic N) is 1. The van der Waals surface area contributed by atoms with Crippen LogP contribution >= 0.6 is 0 Å². The molecule has 156 valence electrons. The molecule has 29 heavy (non-hydrogen) atoms. The van der Waals surface area contributed by atoms with Crippen LogP contribution in [0.2, 0.25) is 0 Å². The van der Waals surface area contributed by atoms with Gasteiger partial charge < -0.3 is 10.1 Å². The van der Waals surface area contributed by atoms with Gasteiger partial charge in [-0.05, 0) is 61.7 Å². The van der Waals surface area contributed by atoms with Crippen molar-refractivity contribution in [3.8, 4) is 5.75 Å². The molecule has 2 aromatic carbocycles. The topological polar surface area (TPSA) is 75.7 Å². The van der Waals surface area contributed by atoms with Crippen molar-refractivity contribution in [3.05, 3.63) is 53.6 Å². The van der Waals surface area contributed by atoms with E-state index in [2.05, 4.69) is 10.1 Å². The van der Waals surface area contributed by atoms with Crippen LogP contribution in [-0.4, -0.2) is 38.3 Å². The zero-order valence-electron chi connectivity index (χ0n) is 15.9. The molecule has 2 aromatic rings. The number of sulfonamides is 1. The van der Waals surface area contributed by atoms with Gasteiger partial charge in [0.15, 0.2) is 0 Å². The van der Waals surface area contributed by atoms with Crippen LogP contribution in [0.25, 0.3) is 0 Å². The summed E-state index contributed by atoms with van der Waals surface area (Å²) < 4.78 is 56.1. The molecule has 0 radical (unpaired) electrons. The molecule has 0 aliphatic carbocycles. The van der Waals surface area contributed by atoms with E-state index >= 15 is 0 Å². The second kappa shape index (κ2) is 8.87. The lowest BCUT2D eigenvalue weighted by Gasteiger charge is -2.26. The van der Waals surface area contributed by atoms with Crippen LogP contribution in [0, 0.1) is 6.92 Å². The minimum Gasteiger partial charge on any atom is -0.435 e. The number of anilines is 1. The van der Waals surface area contributed by atoms with Crippen molar-refractivity contribution in [2.24, 2.45) is 0 Å². The van der Waals surface area contributed by atoms with Gasteiger partial charge in [0.05, 0.1) is 4.90 Å². The van der Waals surface area contributed by atoms with Crippen LogP contribution in [0.15, 0.2) is 47.4 Å². The number of hydrogen-bond donors (Lipinski definition) is 1. The molecule has 1 aliphatic rings. The Hall–Kier alpha value is -2.52. The maximum atomic E-state index is 13.0. The minimum absolute atomic E-state index is 0.0248. The molecule has 1 heterocycles. The fraction of sp³-hybridized carbons (Fsp3) is 0.350. The number of ether oxygens (including phenoxy) is 1. The average Bonchev–Trinajstić information content (AvgIpc) is 2.70. The molecule has 1 amide bonds. The maximum Gasteiger partial charge on any atom is 0.387 e. The van der Waals surface area contributed by atoms with Crippen molar-refractivity contribution in [1.82, 2.24) is 4.31 Å². The Labute approximate surface area is 168 Å². The number of piperidine rings is 1. The molecule has 0 unspecified atom stereocenters. The van der Waals surface area contributed by atoms with Crippen LogP contribution in [0.3, 0.4) is 0 Å². The van der Waals surface area contributed by atoms with Crippen molar-refractivity contribution in [1.29, 1.82) is 0 Å². The highest BCUT2D eigenvalue weighted by molar-refractivity contribution is 7.89. The number of nitrogens with one attached hydrogen (secondary N) is 1. The summed E-state index contributed by atoms with van der Waals surface area (Å²) in [6, 6.07) is 10.00. The smallest absolute Gasteiger partial charge is 0.387 e. The van der Waals surface area contributed by atoms with Crippen LogP contribution < -0.4 is 10.1 Å². The number of carbonyl (C=O) groups is 1. The summed E-state index contributed by atoms with van der Waals surface area (Å²) in [5, 5.41) is 2.63. The van der Waals surface area contributed by atoms with Gasteiger partial charge >= 0.3 is 6.61 Å². The minimum atomic E-state index is -3.67. The normalized spacial score (nSPS) is 15.3. The SMILES string of the molecule is Cc1ccc(C(=O)Nc2ccc(OC(F)F)cc2)cc1S(=O)(=O)N1CCCCC1. The van der Waals surface area contributed by atoms with Crippen LogP contribution in [0.1, 0.15) is 35.2 Å². The number of halogens is 2.